The molecule has 1 atom stereocenters. The van der Waals surface area contributed by atoms with Crippen LogP contribution in [0.4, 0.5) is 5.82 Å². The number of anilines is 1. The number of likely N-dealkylation sites (N-methyl/N-ethyl adjacent to an activating group) is 1. The van der Waals surface area contributed by atoms with E-state index in [1.165, 1.54) is 10.9 Å². The third-order valence-electron chi connectivity index (χ3n) is 5.41. The van der Waals surface area contributed by atoms with E-state index in [0.29, 0.717) is 5.91 Å². The van der Waals surface area contributed by atoms with Crippen molar-refractivity contribution in [3.8, 4) is 0 Å². The number of thiophene rings is 1. The summed E-state index contributed by atoms with van der Waals surface area (Å²) in [5.74, 6) is 2.15. The number of piperazine rings is 1. The fourth-order valence-electron chi connectivity index (χ4n) is 3.97. The van der Waals surface area contributed by atoms with Gasteiger partial charge in [0.05, 0.1) is 11.4 Å². The van der Waals surface area contributed by atoms with Crippen LogP contribution in [0.15, 0.2) is 5.38 Å². The highest BCUT2D eigenvalue weighted by Gasteiger charge is 2.33. The van der Waals surface area contributed by atoms with Crippen LogP contribution in [0.5, 0.6) is 0 Å². The molecule has 0 aliphatic carbocycles. The molecule has 0 spiro atoms. The van der Waals surface area contributed by atoms with Crippen molar-refractivity contribution in [3.05, 3.63) is 16.8 Å². The lowest BCUT2D eigenvalue weighted by molar-refractivity contribution is -0.135. The zero-order valence-electron chi connectivity index (χ0n) is 15.2. The zero-order chi connectivity index (χ0) is 17.6. The average Bonchev–Trinajstić information content (AvgIpc) is 3.20. The minimum atomic E-state index is 0.0821. The molecule has 4 heterocycles. The van der Waals surface area contributed by atoms with Gasteiger partial charge in [0.2, 0.25) is 5.91 Å². The van der Waals surface area contributed by atoms with E-state index >= 15 is 0 Å². The van der Waals surface area contributed by atoms with E-state index in [4.69, 9.17) is 4.98 Å². The van der Waals surface area contributed by atoms with Crippen molar-refractivity contribution in [2.75, 3.05) is 44.7 Å². The number of carbonyl (C=O) groups is 1. The van der Waals surface area contributed by atoms with E-state index in [0.717, 1.165) is 62.0 Å². The monoisotopic (exact) mass is 359 g/mol. The van der Waals surface area contributed by atoms with Crippen LogP contribution in [0, 0.1) is 13.8 Å². The third kappa shape index (κ3) is 3.00. The largest absolute Gasteiger partial charge is 0.352 e. The molecule has 0 saturated carbocycles. The van der Waals surface area contributed by atoms with Crippen molar-refractivity contribution < 1.29 is 4.79 Å². The van der Waals surface area contributed by atoms with Crippen molar-refractivity contribution in [2.45, 2.75) is 32.7 Å². The first kappa shape index (κ1) is 16.7. The smallest absolute Gasteiger partial charge is 0.240 e. The molecule has 1 unspecified atom stereocenters. The van der Waals surface area contributed by atoms with Crippen LogP contribution in [0.1, 0.15) is 24.2 Å². The van der Waals surface area contributed by atoms with Gasteiger partial charge in [0.15, 0.2) is 0 Å². The van der Waals surface area contributed by atoms with Crippen molar-refractivity contribution in [3.63, 3.8) is 0 Å². The maximum Gasteiger partial charge on any atom is 0.240 e. The molecule has 0 radical (unpaired) electrons. The molecule has 2 aliphatic heterocycles. The molecular formula is C18H25N5OS. The summed E-state index contributed by atoms with van der Waals surface area (Å²) >= 11 is 1.68. The second-order valence-electron chi connectivity index (χ2n) is 7.14. The molecule has 134 valence electrons. The number of likely N-dealkylation sites (tertiary alicyclic amines) is 1. The predicted octanol–water partition coefficient (Wildman–Crippen LogP) is 2.05. The van der Waals surface area contributed by atoms with Gasteiger partial charge in [0.1, 0.15) is 16.5 Å². The minimum absolute atomic E-state index is 0.0821. The SMILES string of the molecule is Cc1nc(N2CCN(C(=O)C3CCCN3C)CC2)c2c(C)csc2n1. The highest BCUT2D eigenvalue weighted by Crippen LogP contribution is 2.32. The number of fused-ring (bicyclic) bond motifs is 1. The van der Waals surface area contributed by atoms with Gasteiger partial charge >= 0.3 is 0 Å². The molecule has 2 fully saturated rings. The van der Waals surface area contributed by atoms with E-state index < -0.39 is 0 Å². The molecule has 2 saturated heterocycles. The Labute approximate surface area is 152 Å². The Morgan fingerprint density at radius 3 is 2.60 bits per heavy atom. The van der Waals surface area contributed by atoms with Crippen molar-refractivity contribution >= 4 is 33.3 Å². The molecule has 6 nitrogen and oxygen atoms in total. The van der Waals surface area contributed by atoms with Crippen LogP contribution in [0.3, 0.4) is 0 Å². The quantitative estimate of drug-likeness (QED) is 0.821. The number of hydrogen-bond donors (Lipinski definition) is 0. The fourth-order valence-corrected chi connectivity index (χ4v) is 4.93. The highest BCUT2D eigenvalue weighted by atomic mass is 32.1. The van der Waals surface area contributed by atoms with Crippen LogP contribution in [0.2, 0.25) is 0 Å². The average molecular weight is 359 g/mol. The third-order valence-corrected chi connectivity index (χ3v) is 6.40. The van der Waals surface area contributed by atoms with Gasteiger partial charge in [0, 0.05) is 26.2 Å². The van der Waals surface area contributed by atoms with Crippen molar-refractivity contribution in [2.24, 2.45) is 0 Å². The Kier molecular flexibility index (Phi) is 4.37. The predicted molar refractivity (Wildman–Crippen MR) is 101 cm³/mol. The van der Waals surface area contributed by atoms with E-state index in [9.17, 15) is 4.79 Å². The van der Waals surface area contributed by atoms with Gasteiger partial charge in [-0.05, 0) is 51.2 Å². The van der Waals surface area contributed by atoms with E-state index in [1.54, 1.807) is 11.3 Å². The van der Waals surface area contributed by atoms with Crippen LogP contribution in [-0.4, -0.2) is 71.5 Å². The number of rotatable bonds is 2. The van der Waals surface area contributed by atoms with Crippen LogP contribution in [0.25, 0.3) is 10.2 Å². The van der Waals surface area contributed by atoms with Gasteiger partial charge in [-0.2, -0.15) is 0 Å². The van der Waals surface area contributed by atoms with Gasteiger partial charge in [-0.1, -0.05) is 0 Å². The molecular weight excluding hydrogens is 334 g/mol. The lowest BCUT2D eigenvalue weighted by Gasteiger charge is -2.37. The van der Waals surface area contributed by atoms with Crippen LogP contribution in [-0.2, 0) is 4.79 Å². The summed E-state index contributed by atoms with van der Waals surface area (Å²) in [4.78, 5) is 29.7. The summed E-state index contributed by atoms with van der Waals surface area (Å²) in [5.41, 5.74) is 1.24. The Morgan fingerprint density at radius 1 is 1.16 bits per heavy atom. The summed E-state index contributed by atoms with van der Waals surface area (Å²) in [6.45, 7) is 8.33. The summed E-state index contributed by atoms with van der Waals surface area (Å²) < 4.78 is 0. The first-order valence-electron chi connectivity index (χ1n) is 9.01. The van der Waals surface area contributed by atoms with E-state index in [-0.39, 0.29) is 6.04 Å². The standard InChI is InChI=1S/C18H25N5OS/c1-12-11-25-17-15(12)16(19-13(2)20-17)22-7-9-23(10-8-22)18(24)14-5-4-6-21(14)3/h11,14H,4-10H2,1-3H3. The van der Waals surface area contributed by atoms with Gasteiger partial charge in [-0.25, -0.2) is 9.97 Å². The second kappa shape index (κ2) is 6.53. The van der Waals surface area contributed by atoms with Crippen molar-refractivity contribution in [1.29, 1.82) is 0 Å². The molecule has 0 bridgehead atoms. The Bertz CT molecular complexity index is 796. The fraction of sp³-hybridized carbons (Fsp3) is 0.611. The first-order valence-corrected chi connectivity index (χ1v) is 9.89. The maximum atomic E-state index is 12.8. The number of aromatic nitrogens is 2. The second-order valence-corrected chi connectivity index (χ2v) is 8.00. The highest BCUT2D eigenvalue weighted by molar-refractivity contribution is 7.17. The molecule has 2 aliphatic rings. The van der Waals surface area contributed by atoms with Crippen molar-refractivity contribution in [1.82, 2.24) is 19.8 Å². The first-order chi connectivity index (χ1) is 12.0. The number of aryl methyl sites for hydroxylation is 2. The molecule has 2 aromatic rings. The van der Waals surface area contributed by atoms with Crippen LogP contribution >= 0.6 is 11.3 Å². The Hall–Kier alpha value is -1.73. The Morgan fingerprint density at radius 2 is 1.92 bits per heavy atom. The van der Waals surface area contributed by atoms with Gasteiger partial charge in [-0.3, -0.25) is 9.69 Å². The molecule has 7 heteroatoms. The molecule has 2 aromatic heterocycles. The number of nitrogens with zero attached hydrogens (tertiary/aromatic N) is 5. The maximum absolute atomic E-state index is 12.8. The Balaban J connectivity index is 1.51. The topological polar surface area (TPSA) is 52.6 Å². The van der Waals surface area contributed by atoms with Crippen LogP contribution < -0.4 is 4.90 Å². The molecule has 0 N–H and O–H groups in total. The zero-order valence-corrected chi connectivity index (χ0v) is 16.0. The van der Waals surface area contributed by atoms with Gasteiger partial charge in [0.25, 0.3) is 0 Å². The molecule has 0 aromatic carbocycles. The lowest BCUT2D eigenvalue weighted by atomic mass is 10.1. The number of hydrogen-bond acceptors (Lipinski definition) is 6. The molecule has 4 rings (SSSR count). The minimum Gasteiger partial charge on any atom is -0.352 e. The number of amides is 1. The normalized spacial score (nSPS) is 22.1. The van der Waals surface area contributed by atoms with E-state index in [1.807, 2.05) is 11.8 Å². The number of carbonyl (C=O) groups excluding carboxylic acids is 1. The molecule has 25 heavy (non-hydrogen) atoms. The summed E-state index contributed by atoms with van der Waals surface area (Å²) in [6.07, 6.45) is 2.12. The van der Waals surface area contributed by atoms with E-state index in [2.05, 4.69) is 34.1 Å². The lowest BCUT2D eigenvalue weighted by Crippen LogP contribution is -2.53. The molecule has 1 amide bonds. The van der Waals surface area contributed by atoms with Gasteiger partial charge < -0.3 is 9.80 Å². The summed E-state index contributed by atoms with van der Waals surface area (Å²) in [5, 5.41) is 3.32. The summed E-state index contributed by atoms with van der Waals surface area (Å²) in [6, 6.07) is 0.0821. The van der Waals surface area contributed by atoms with Gasteiger partial charge in [-0.15, -0.1) is 11.3 Å². The summed E-state index contributed by atoms with van der Waals surface area (Å²) in [7, 11) is 2.06.